The van der Waals surface area contributed by atoms with E-state index in [0.29, 0.717) is 23.7 Å². The minimum absolute atomic E-state index is 0.0754. The maximum absolute atomic E-state index is 11.9. The lowest BCUT2D eigenvalue weighted by Crippen LogP contribution is -2.33. The summed E-state index contributed by atoms with van der Waals surface area (Å²) in [5, 5.41) is 5.49. The highest BCUT2D eigenvalue weighted by Crippen LogP contribution is 2.34. The minimum atomic E-state index is -0.576. The lowest BCUT2D eigenvalue weighted by molar-refractivity contribution is -0.125. The largest absolute Gasteiger partial charge is 0.490 e. The van der Waals surface area contributed by atoms with Crippen molar-refractivity contribution in [3.8, 4) is 5.75 Å². The predicted molar refractivity (Wildman–Crippen MR) is 68.7 cm³/mol. The molecular formula is C13H16N2O3. The third-order valence-electron chi connectivity index (χ3n) is 2.75. The van der Waals surface area contributed by atoms with Gasteiger partial charge in [0.2, 0.25) is 11.8 Å². The van der Waals surface area contributed by atoms with Crippen LogP contribution < -0.4 is 15.4 Å². The fourth-order valence-corrected chi connectivity index (χ4v) is 1.64. The zero-order chi connectivity index (χ0) is 13.3. The summed E-state index contributed by atoms with van der Waals surface area (Å²) in [5.41, 5.74) is 0.697. The first-order valence-corrected chi connectivity index (χ1v) is 5.74. The Hall–Kier alpha value is -2.04. The first-order chi connectivity index (χ1) is 8.38. The van der Waals surface area contributed by atoms with Gasteiger partial charge in [0.1, 0.15) is 12.4 Å². The molecular weight excluding hydrogens is 232 g/mol. The number of ether oxygens (including phenoxy) is 1. The second-order valence-corrected chi connectivity index (χ2v) is 5.02. The number of benzene rings is 1. The fourth-order valence-electron chi connectivity index (χ4n) is 1.64. The molecule has 0 aromatic heterocycles. The van der Waals surface area contributed by atoms with Crippen LogP contribution in [0.3, 0.4) is 0 Å². The maximum atomic E-state index is 11.9. The number of fused-ring (bicyclic) bond motifs is 1. The quantitative estimate of drug-likeness (QED) is 0.798. The second kappa shape index (κ2) is 4.33. The van der Waals surface area contributed by atoms with Crippen LogP contribution in [-0.4, -0.2) is 18.4 Å². The molecule has 0 saturated carbocycles. The molecule has 0 atom stereocenters. The van der Waals surface area contributed by atoms with Crippen molar-refractivity contribution in [3.05, 3.63) is 18.2 Å². The molecule has 18 heavy (non-hydrogen) atoms. The van der Waals surface area contributed by atoms with Crippen molar-refractivity contribution in [1.29, 1.82) is 0 Å². The van der Waals surface area contributed by atoms with Gasteiger partial charge in [-0.15, -0.1) is 0 Å². The van der Waals surface area contributed by atoms with Crippen molar-refractivity contribution < 1.29 is 14.3 Å². The second-order valence-electron chi connectivity index (χ2n) is 5.02. The number of hydrogen-bond acceptors (Lipinski definition) is 3. The number of nitrogens with one attached hydrogen (secondary N) is 2. The molecule has 1 aromatic carbocycles. The predicted octanol–water partition coefficient (Wildman–Crippen LogP) is 2.00. The molecule has 0 bridgehead atoms. The zero-order valence-corrected chi connectivity index (χ0v) is 10.7. The van der Waals surface area contributed by atoms with Gasteiger partial charge in [-0.3, -0.25) is 9.59 Å². The first-order valence-electron chi connectivity index (χ1n) is 5.74. The summed E-state index contributed by atoms with van der Waals surface area (Å²) in [6.45, 7) is 5.39. The average molecular weight is 248 g/mol. The standard InChI is InChI=1S/C13H16N2O3/c1-8(16)14-9-4-5-10-11(6-9)18-7-13(2,3)12(17)15-10/h4-6H,7H2,1-3H3,(H,14,16)(H,15,17). The van der Waals surface area contributed by atoms with Crippen molar-refractivity contribution in [1.82, 2.24) is 0 Å². The molecule has 5 heteroatoms. The molecule has 5 nitrogen and oxygen atoms in total. The zero-order valence-electron chi connectivity index (χ0n) is 10.7. The normalized spacial score (nSPS) is 16.9. The van der Waals surface area contributed by atoms with Crippen molar-refractivity contribution in [2.75, 3.05) is 17.2 Å². The van der Waals surface area contributed by atoms with Gasteiger partial charge in [-0.1, -0.05) is 0 Å². The van der Waals surface area contributed by atoms with Crippen LogP contribution in [-0.2, 0) is 9.59 Å². The Kier molecular flexibility index (Phi) is 2.98. The van der Waals surface area contributed by atoms with Crippen molar-refractivity contribution in [2.45, 2.75) is 20.8 Å². The van der Waals surface area contributed by atoms with Crippen molar-refractivity contribution in [3.63, 3.8) is 0 Å². The summed E-state index contributed by atoms with van der Waals surface area (Å²) in [6, 6.07) is 5.15. The van der Waals surface area contributed by atoms with E-state index in [0.717, 1.165) is 0 Å². The van der Waals surface area contributed by atoms with E-state index in [2.05, 4.69) is 10.6 Å². The molecule has 0 radical (unpaired) electrons. The van der Waals surface area contributed by atoms with Crippen molar-refractivity contribution in [2.24, 2.45) is 5.41 Å². The molecule has 0 fully saturated rings. The van der Waals surface area contributed by atoms with Gasteiger partial charge in [0.25, 0.3) is 0 Å². The molecule has 0 unspecified atom stereocenters. The third-order valence-corrected chi connectivity index (χ3v) is 2.75. The van der Waals surface area contributed by atoms with Crippen LogP contribution in [0.1, 0.15) is 20.8 Å². The molecule has 2 rings (SSSR count). The molecule has 2 amide bonds. The summed E-state index contributed by atoms with van der Waals surface area (Å²) in [5.74, 6) is 0.349. The van der Waals surface area contributed by atoms with Gasteiger partial charge in [-0.25, -0.2) is 0 Å². The van der Waals surface area contributed by atoms with Gasteiger partial charge >= 0.3 is 0 Å². The molecule has 1 aliphatic rings. The third kappa shape index (κ3) is 2.45. The highest BCUT2D eigenvalue weighted by atomic mass is 16.5. The lowest BCUT2D eigenvalue weighted by Gasteiger charge is -2.18. The summed E-state index contributed by atoms with van der Waals surface area (Å²) < 4.78 is 5.62. The Bertz CT molecular complexity index is 509. The number of anilines is 2. The number of amides is 2. The summed E-state index contributed by atoms with van der Waals surface area (Å²) in [4.78, 5) is 22.9. The highest BCUT2D eigenvalue weighted by molar-refractivity contribution is 5.97. The van der Waals surface area contributed by atoms with Crippen LogP contribution in [0.25, 0.3) is 0 Å². The van der Waals surface area contributed by atoms with Crippen LogP contribution in [0.15, 0.2) is 18.2 Å². The molecule has 1 heterocycles. The lowest BCUT2D eigenvalue weighted by atomic mass is 9.94. The van der Waals surface area contributed by atoms with Gasteiger partial charge in [0, 0.05) is 18.7 Å². The number of rotatable bonds is 1. The topological polar surface area (TPSA) is 67.4 Å². The molecule has 1 aliphatic heterocycles. The van der Waals surface area contributed by atoms with Crippen LogP contribution in [0, 0.1) is 5.41 Å². The highest BCUT2D eigenvalue weighted by Gasteiger charge is 2.32. The maximum Gasteiger partial charge on any atom is 0.233 e. The van der Waals surface area contributed by atoms with E-state index >= 15 is 0 Å². The van der Waals surface area contributed by atoms with E-state index in [1.165, 1.54) is 6.92 Å². The Morgan fingerprint density at radius 3 is 2.83 bits per heavy atom. The Labute approximate surface area is 106 Å². The molecule has 2 N–H and O–H groups in total. The summed E-state index contributed by atoms with van der Waals surface area (Å²) in [7, 11) is 0. The van der Waals surface area contributed by atoms with E-state index in [1.54, 1.807) is 18.2 Å². The first kappa shape index (κ1) is 12.4. The molecule has 1 aromatic rings. The van der Waals surface area contributed by atoms with Gasteiger partial charge in [0.05, 0.1) is 11.1 Å². The number of carbonyl (C=O) groups excluding carboxylic acids is 2. The number of hydrogen-bond donors (Lipinski definition) is 2. The molecule has 0 spiro atoms. The van der Waals surface area contributed by atoms with E-state index in [1.807, 2.05) is 13.8 Å². The van der Waals surface area contributed by atoms with Crippen molar-refractivity contribution >= 4 is 23.2 Å². The minimum Gasteiger partial charge on any atom is -0.490 e. The summed E-state index contributed by atoms with van der Waals surface area (Å²) in [6.07, 6.45) is 0. The van der Waals surface area contributed by atoms with E-state index in [4.69, 9.17) is 4.74 Å². The van der Waals surface area contributed by atoms with E-state index in [9.17, 15) is 9.59 Å². The molecule has 0 saturated heterocycles. The monoisotopic (exact) mass is 248 g/mol. The fraction of sp³-hybridized carbons (Fsp3) is 0.385. The van der Waals surface area contributed by atoms with Crippen LogP contribution in [0.4, 0.5) is 11.4 Å². The van der Waals surface area contributed by atoms with E-state index < -0.39 is 5.41 Å². The Morgan fingerprint density at radius 1 is 1.44 bits per heavy atom. The van der Waals surface area contributed by atoms with Gasteiger partial charge in [-0.05, 0) is 26.0 Å². The summed E-state index contributed by atoms with van der Waals surface area (Å²) >= 11 is 0. The molecule has 96 valence electrons. The molecule has 0 aliphatic carbocycles. The SMILES string of the molecule is CC(=O)Nc1ccc2c(c1)OCC(C)(C)C(=O)N2. The van der Waals surface area contributed by atoms with Crippen LogP contribution in [0.5, 0.6) is 5.75 Å². The van der Waals surface area contributed by atoms with Gasteiger partial charge in [-0.2, -0.15) is 0 Å². The van der Waals surface area contributed by atoms with E-state index in [-0.39, 0.29) is 11.8 Å². The van der Waals surface area contributed by atoms with Gasteiger partial charge < -0.3 is 15.4 Å². The average Bonchev–Trinajstić information content (AvgIpc) is 2.37. The van der Waals surface area contributed by atoms with Crippen LogP contribution in [0.2, 0.25) is 0 Å². The van der Waals surface area contributed by atoms with Crippen LogP contribution >= 0.6 is 0 Å². The Morgan fingerprint density at radius 2 is 2.17 bits per heavy atom. The smallest absolute Gasteiger partial charge is 0.233 e. The number of carbonyl (C=O) groups is 2. The van der Waals surface area contributed by atoms with Gasteiger partial charge in [0.15, 0.2) is 0 Å². The Balaban J connectivity index is 2.30.